The molecule has 1 heterocycles. The zero-order valence-electron chi connectivity index (χ0n) is 9.05. The molecule has 2 rings (SSSR count). The van der Waals surface area contributed by atoms with Crippen LogP contribution < -0.4 is 0 Å². The van der Waals surface area contributed by atoms with Crippen molar-refractivity contribution in [2.24, 2.45) is 22.7 Å². The van der Waals surface area contributed by atoms with Gasteiger partial charge in [0, 0.05) is 5.92 Å². The summed E-state index contributed by atoms with van der Waals surface area (Å²) in [6.45, 7) is 10.8. The number of rotatable bonds is 0. The lowest BCUT2D eigenvalue weighted by atomic mass is 9.84. The lowest BCUT2D eigenvalue weighted by Gasteiger charge is -2.29. The Morgan fingerprint density at radius 1 is 1.31 bits per heavy atom. The monoisotopic (exact) mass is 182 g/mol. The Morgan fingerprint density at radius 2 is 1.85 bits per heavy atom. The molecule has 0 N–H and O–H groups in total. The zero-order chi connectivity index (χ0) is 10.0. The van der Waals surface area contributed by atoms with Crippen molar-refractivity contribution in [3.63, 3.8) is 0 Å². The number of carbonyl (C=O) groups excluding carboxylic acids is 1. The van der Waals surface area contributed by atoms with Crippen LogP contribution in [0.25, 0.3) is 0 Å². The van der Waals surface area contributed by atoms with Crippen LogP contribution in [0, 0.1) is 22.7 Å². The molecule has 0 aromatic rings. The Bertz CT molecular complexity index is 260. The van der Waals surface area contributed by atoms with Crippen molar-refractivity contribution >= 4 is 5.97 Å². The molecule has 0 spiro atoms. The molecule has 2 heteroatoms. The molecule has 1 saturated heterocycles. The van der Waals surface area contributed by atoms with Crippen LogP contribution in [0.3, 0.4) is 0 Å². The second-order valence-electron chi connectivity index (χ2n) is 6.05. The van der Waals surface area contributed by atoms with E-state index in [0.717, 1.165) is 0 Å². The third-order valence-electron chi connectivity index (χ3n) is 3.59. The van der Waals surface area contributed by atoms with Crippen molar-refractivity contribution in [2.45, 2.75) is 40.7 Å². The Hall–Kier alpha value is -0.530. The highest BCUT2D eigenvalue weighted by atomic mass is 16.6. The quantitative estimate of drug-likeness (QED) is 0.537. The first-order chi connectivity index (χ1) is 5.76. The van der Waals surface area contributed by atoms with E-state index in [9.17, 15) is 4.79 Å². The van der Waals surface area contributed by atoms with Gasteiger partial charge in [0.15, 0.2) is 0 Å². The maximum atomic E-state index is 11.5. The Labute approximate surface area is 79.7 Å². The number of cyclic esters (lactones) is 1. The minimum absolute atomic E-state index is 0.0231. The van der Waals surface area contributed by atoms with Crippen LogP contribution in [0.2, 0.25) is 0 Å². The van der Waals surface area contributed by atoms with Crippen LogP contribution in [-0.4, -0.2) is 12.1 Å². The Morgan fingerprint density at radius 3 is 2.08 bits per heavy atom. The number of carbonyl (C=O) groups is 1. The van der Waals surface area contributed by atoms with Crippen LogP contribution in [0.5, 0.6) is 0 Å². The SMILES string of the molecule is CC(C)(C)C1OC(=O)[C@@H]2[C@H]1C2(C)C. The van der Waals surface area contributed by atoms with E-state index in [-0.39, 0.29) is 28.8 Å². The van der Waals surface area contributed by atoms with Gasteiger partial charge in [0.25, 0.3) is 0 Å². The highest BCUT2D eigenvalue weighted by Crippen LogP contribution is 2.67. The van der Waals surface area contributed by atoms with Crippen LogP contribution in [0.15, 0.2) is 0 Å². The van der Waals surface area contributed by atoms with Gasteiger partial charge in [-0.3, -0.25) is 4.79 Å². The molecule has 1 aliphatic carbocycles. The smallest absolute Gasteiger partial charge is 0.310 e. The number of hydrogen-bond acceptors (Lipinski definition) is 2. The summed E-state index contributed by atoms with van der Waals surface area (Å²) >= 11 is 0. The highest BCUT2D eigenvalue weighted by molar-refractivity contribution is 5.81. The number of fused-ring (bicyclic) bond motifs is 1. The van der Waals surface area contributed by atoms with Gasteiger partial charge in [-0.25, -0.2) is 0 Å². The number of hydrogen-bond donors (Lipinski definition) is 0. The zero-order valence-corrected chi connectivity index (χ0v) is 9.05. The van der Waals surface area contributed by atoms with Gasteiger partial charge < -0.3 is 4.74 Å². The number of esters is 1. The molecule has 3 atom stereocenters. The fourth-order valence-electron chi connectivity index (χ4n) is 2.68. The Kier molecular flexibility index (Phi) is 1.46. The van der Waals surface area contributed by atoms with E-state index in [1.165, 1.54) is 0 Å². The molecule has 74 valence electrons. The van der Waals surface area contributed by atoms with Gasteiger partial charge in [0.1, 0.15) is 6.10 Å². The highest BCUT2D eigenvalue weighted by Gasteiger charge is 2.72. The molecule has 13 heavy (non-hydrogen) atoms. The molecule has 0 amide bonds. The van der Waals surface area contributed by atoms with Gasteiger partial charge >= 0.3 is 5.97 Å². The molecule has 0 bridgehead atoms. The van der Waals surface area contributed by atoms with E-state index in [2.05, 4.69) is 34.6 Å². The van der Waals surface area contributed by atoms with E-state index in [0.29, 0.717) is 5.92 Å². The van der Waals surface area contributed by atoms with Crippen molar-refractivity contribution in [1.82, 2.24) is 0 Å². The predicted molar refractivity (Wildman–Crippen MR) is 50.1 cm³/mol. The van der Waals surface area contributed by atoms with Gasteiger partial charge in [-0.1, -0.05) is 34.6 Å². The van der Waals surface area contributed by atoms with Crippen LogP contribution in [0.1, 0.15) is 34.6 Å². The summed E-state index contributed by atoms with van der Waals surface area (Å²) in [4.78, 5) is 11.5. The fraction of sp³-hybridized carbons (Fsp3) is 0.909. The fourth-order valence-corrected chi connectivity index (χ4v) is 2.68. The molecular formula is C11H18O2. The van der Waals surface area contributed by atoms with Crippen LogP contribution in [-0.2, 0) is 9.53 Å². The maximum Gasteiger partial charge on any atom is 0.310 e. The van der Waals surface area contributed by atoms with Crippen LogP contribution in [0.4, 0.5) is 0 Å². The van der Waals surface area contributed by atoms with E-state index in [4.69, 9.17) is 4.74 Å². The summed E-state index contributed by atoms with van der Waals surface area (Å²) in [5.74, 6) is 0.659. The van der Waals surface area contributed by atoms with Gasteiger partial charge in [0.2, 0.25) is 0 Å². The van der Waals surface area contributed by atoms with E-state index < -0.39 is 0 Å². The summed E-state index contributed by atoms with van der Waals surface area (Å²) in [6, 6.07) is 0. The van der Waals surface area contributed by atoms with E-state index in [1.54, 1.807) is 0 Å². The molecule has 2 fully saturated rings. The van der Waals surface area contributed by atoms with Crippen molar-refractivity contribution < 1.29 is 9.53 Å². The maximum absolute atomic E-state index is 11.5. The minimum Gasteiger partial charge on any atom is -0.461 e. The van der Waals surface area contributed by atoms with Gasteiger partial charge in [-0.05, 0) is 10.8 Å². The number of ether oxygens (including phenoxy) is 1. The normalized spacial score (nSPS) is 41.3. The average molecular weight is 182 g/mol. The predicted octanol–water partition coefficient (Wildman–Crippen LogP) is 2.23. The third kappa shape index (κ3) is 1.04. The van der Waals surface area contributed by atoms with Crippen molar-refractivity contribution in [1.29, 1.82) is 0 Å². The lowest BCUT2D eigenvalue weighted by molar-refractivity contribution is -0.152. The molecule has 1 saturated carbocycles. The second kappa shape index (κ2) is 2.10. The summed E-state index contributed by atoms with van der Waals surface area (Å²) in [5.41, 5.74) is 0.274. The largest absolute Gasteiger partial charge is 0.461 e. The van der Waals surface area contributed by atoms with Gasteiger partial charge in [-0.15, -0.1) is 0 Å². The van der Waals surface area contributed by atoms with Crippen LogP contribution >= 0.6 is 0 Å². The molecule has 1 aliphatic heterocycles. The van der Waals surface area contributed by atoms with Gasteiger partial charge in [-0.2, -0.15) is 0 Å². The summed E-state index contributed by atoms with van der Waals surface area (Å²) < 4.78 is 5.38. The molecule has 0 radical (unpaired) electrons. The average Bonchev–Trinajstić information content (AvgIpc) is 2.35. The van der Waals surface area contributed by atoms with Crippen molar-refractivity contribution in [2.75, 3.05) is 0 Å². The minimum atomic E-state index is 0.0231. The molecule has 2 nitrogen and oxygen atoms in total. The van der Waals surface area contributed by atoms with E-state index >= 15 is 0 Å². The first-order valence-corrected chi connectivity index (χ1v) is 4.97. The Balaban J connectivity index is 2.24. The second-order valence-corrected chi connectivity index (χ2v) is 6.05. The van der Waals surface area contributed by atoms with E-state index in [1.807, 2.05) is 0 Å². The summed E-state index contributed by atoms with van der Waals surface area (Å²) in [5, 5.41) is 0. The topological polar surface area (TPSA) is 26.3 Å². The first-order valence-electron chi connectivity index (χ1n) is 4.97. The molecule has 2 aliphatic rings. The van der Waals surface area contributed by atoms with Gasteiger partial charge in [0.05, 0.1) is 5.92 Å². The molecule has 0 aromatic heterocycles. The van der Waals surface area contributed by atoms with Crippen molar-refractivity contribution in [3.05, 3.63) is 0 Å². The lowest BCUT2D eigenvalue weighted by Crippen LogP contribution is -2.32. The standard InChI is InChI=1S/C11H18O2/c1-10(2,3)8-6-7(9(12)13-8)11(6,4)5/h6-8H,1-5H3/t6-,7+,8?/m1/s1. The molecule has 0 aromatic carbocycles. The molecular weight excluding hydrogens is 164 g/mol. The summed E-state index contributed by atoms with van der Waals surface area (Å²) in [7, 11) is 0. The van der Waals surface area contributed by atoms with Crippen molar-refractivity contribution in [3.8, 4) is 0 Å². The first kappa shape index (κ1) is 9.04. The third-order valence-corrected chi connectivity index (χ3v) is 3.59. The summed E-state index contributed by atoms with van der Waals surface area (Å²) in [6.07, 6.45) is 0.125. The molecule has 1 unspecified atom stereocenters.